The van der Waals surface area contributed by atoms with Crippen LogP contribution in [0, 0.1) is 0 Å². The van der Waals surface area contributed by atoms with E-state index in [2.05, 4.69) is 10.4 Å². The Morgan fingerprint density at radius 3 is 2.77 bits per heavy atom. The molecule has 0 aliphatic carbocycles. The predicted octanol–water partition coefficient (Wildman–Crippen LogP) is 3.36. The number of amides is 1. The van der Waals surface area contributed by atoms with E-state index in [0.717, 1.165) is 17.1 Å². The van der Waals surface area contributed by atoms with Crippen LogP contribution in [0.15, 0.2) is 47.0 Å². The Morgan fingerprint density at radius 2 is 2.04 bits per heavy atom. The molecule has 1 N–H and O–H groups in total. The molecule has 2 aromatic heterocycles. The number of hydrogen-bond donors (Lipinski definition) is 1. The topological polar surface area (TPSA) is 78.5 Å². The number of furan rings is 1. The lowest BCUT2D eigenvalue weighted by molar-refractivity contribution is 0.0994. The van der Waals surface area contributed by atoms with Gasteiger partial charge in [-0.3, -0.25) is 4.79 Å². The average Bonchev–Trinajstić information content (AvgIpc) is 3.30. The molecule has 2 heterocycles. The minimum Gasteiger partial charge on any atom is -0.497 e. The summed E-state index contributed by atoms with van der Waals surface area (Å²) >= 11 is 0. The molecule has 0 atom stereocenters. The largest absolute Gasteiger partial charge is 0.497 e. The van der Waals surface area contributed by atoms with Crippen molar-refractivity contribution in [1.82, 2.24) is 9.78 Å². The highest BCUT2D eigenvalue weighted by molar-refractivity contribution is 6.01. The van der Waals surface area contributed by atoms with Crippen molar-refractivity contribution in [2.24, 2.45) is 0 Å². The lowest BCUT2D eigenvalue weighted by Gasteiger charge is -2.09. The Morgan fingerprint density at radius 1 is 1.19 bits per heavy atom. The number of aryl methyl sites for hydroxylation is 1. The van der Waals surface area contributed by atoms with Crippen LogP contribution in [0.3, 0.4) is 0 Å². The first kappa shape index (κ1) is 17.6. The fraction of sp³-hybridized carbons (Fsp3) is 0.263. The van der Waals surface area contributed by atoms with Crippen LogP contribution in [-0.4, -0.2) is 29.9 Å². The van der Waals surface area contributed by atoms with Crippen molar-refractivity contribution in [2.75, 3.05) is 19.5 Å². The molecule has 1 aromatic carbocycles. The Kier molecular flexibility index (Phi) is 5.26. The third kappa shape index (κ3) is 3.72. The monoisotopic (exact) mass is 355 g/mol. The molecule has 0 fully saturated rings. The minimum absolute atomic E-state index is 0.241. The zero-order chi connectivity index (χ0) is 18.5. The minimum atomic E-state index is -0.316. The standard InChI is InChI=1S/C19H21N3O4/c1-4-22-18(9-10-20-22)21-19(23)17-8-6-15(26-17)12-13-11-14(24-2)5-7-16(13)25-3/h5-11H,4,12H2,1-3H3,(H,21,23). The smallest absolute Gasteiger partial charge is 0.292 e. The van der Waals surface area contributed by atoms with Gasteiger partial charge in [0.1, 0.15) is 23.1 Å². The van der Waals surface area contributed by atoms with E-state index in [1.165, 1.54) is 0 Å². The van der Waals surface area contributed by atoms with E-state index in [4.69, 9.17) is 13.9 Å². The second-order valence-electron chi connectivity index (χ2n) is 5.61. The molecule has 7 heteroatoms. The van der Waals surface area contributed by atoms with Crippen LogP contribution in [0.4, 0.5) is 5.82 Å². The van der Waals surface area contributed by atoms with E-state index in [0.29, 0.717) is 24.5 Å². The summed E-state index contributed by atoms with van der Waals surface area (Å²) in [6.07, 6.45) is 2.13. The third-order valence-electron chi connectivity index (χ3n) is 4.00. The quantitative estimate of drug-likeness (QED) is 0.703. The van der Waals surface area contributed by atoms with Gasteiger partial charge < -0.3 is 19.2 Å². The van der Waals surface area contributed by atoms with Crippen molar-refractivity contribution in [2.45, 2.75) is 19.9 Å². The summed E-state index contributed by atoms with van der Waals surface area (Å²) in [5.41, 5.74) is 0.914. The Hall–Kier alpha value is -3.22. The number of nitrogens with one attached hydrogen (secondary N) is 1. The maximum absolute atomic E-state index is 12.4. The fourth-order valence-electron chi connectivity index (χ4n) is 2.67. The summed E-state index contributed by atoms with van der Waals surface area (Å²) in [6, 6.07) is 10.7. The molecule has 0 aliphatic heterocycles. The van der Waals surface area contributed by atoms with Gasteiger partial charge in [-0.05, 0) is 37.3 Å². The van der Waals surface area contributed by atoms with Crippen LogP contribution in [0.2, 0.25) is 0 Å². The molecule has 0 spiro atoms. The number of nitrogens with zero attached hydrogens (tertiary/aromatic N) is 2. The summed E-state index contributed by atoms with van der Waals surface area (Å²) < 4.78 is 18.0. The molecule has 0 radical (unpaired) electrons. The van der Waals surface area contributed by atoms with E-state index in [1.807, 2.05) is 25.1 Å². The molecule has 136 valence electrons. The fourth-order valence-corrected chi connectivity index (χ4v) is 2.67. The maximum Gasteiger partial charge on any atom is 0.292 e. The van der Waals surface area contributed by atoms with Crippen molar-refractivity contribution in [3.8, 4) is 11.5 Å². The number of hydrogen-bond acceptors (Lipinski definition) is 5. The van der Waals surface area contributed by atoms with Gasteiger partial charge in [0.05, 0.1) is 20.4 Å². The van der Waals surface area contributed by atoms with Gasteiger partial charge in [-0.2, -0.15) is 5.10 Å². The summed E-state index contributed by atoms with van der Waals surface area (Å²) in [5.74, 6) is 2.68. The highest BCUT2D eigenvalue weighted by Gasteiger charge is 2.15. The van der Waals surface area contributed by atoms with Crippen LogP contribution in [0.25, 0.3) is 0 Å². The number of methoxy groups -OCH3 is 2. The van der Waals surface area contributed by atoms with E-state index >= 15 is 0 Å². The van der Waals surface area contributed by atoms with Gasteiger partial charge in [-0.25, -0.2) is 4.68 Å². The summed E-state index contributed by atoms with van der Waals surface area (Å²) in [5, 5.41) is 6.92. The number of carbonyl (C=O) groups excluding carboxylic acids is 1. The van der Waals surface area contributed by atoms with Gasteiger partial charge in [0.15, 0.2) is 5.76 Å². The molecular weight excluding hydrogens is 334 g/mol. The highest BCUT2D eigenvalue weighted by Crippen LogP contribution is 2.27. The van der Waals surface area contributed by atoms with Crippen LogP contribution >= 0.6 is 0 Å². The Balaban J connectivity index is 1.75. The number of carbonyl (C=O) groups is 1. The Labute approximate surface area is 151 Å². The zero-order valence-electron chi connectivity index (χ0n) is 15.0. The van der Waals surface area contributed by atoms with Gasteiger partial charge in [-0.1, -0.05) is 0 Å². The third-order valence-corrected chi connectivity index (χ3v) is 4.00. The van der Waals surface area contributed by atoms with E-state index in [9.17, 15) is 4.79 Å². The maximum atomic E-state index is 12.4. The summed E-state index contributed by atoms with van der Waals surface area (Å²) in [6.45, 7) is 2.62. The zero-order valence-corrected chi connectivity index (χ0v) is 15.0. The number of aromatic nitrogens is 2. The van der Waals surface area contributed by atoms with E-state index in [-0.39, 0.29) is 11.7 Å². The Bertz CT molecular complexity index is 898. The van der Waals surface area contributed by atoms with Crippen LogP contribution < -0.4 is 14.8 Å². The summed E-state index contributed by atoms with van der Waals surface area (Å²) in [4.78, 5) is 12.4. The van der Waals surface area contributed by atoms with Crippen LogP contribution in [-0.2, 0) is 13.0 Å². The van der Waals surface area contributed by atoms with Gasteiger partial charge in [0, 0.05) is 24.6 Å². The molecule has 0 bridgehead atoms. The molecule has 0 saturated carbocycles. The first-order chi connectivity index (χ1) is 12.6. The molecule has 7 nitrogen and oxygen atoms in total. The number of benzene rings is 1. The average molecular weight is 355 g/mol. The number of anilines is 1. The van der Waals surface area contributed by atoms with Gasteiger partial charge in [0.2, 0.25) is 0 Å². The van der Waals surface area contributed by atoms with Crippen molar-refractivity contribution in [3.63, 3.8) is 0 Å². The first-order valence-corrected chi connectivity index (χ1v) is 8.27. The highest BCUT2D eigenvalue weighted by atomic mass is 16.5. The molecule has 1 amide bonds. The first-order valence-electron chi connectivity index (χ1n) is 8.27. The van der Waals surface area contributed by atoms with Gasteiger partial charge in [-0.15, -0.1) is 0 Å². The molecule has 3 aromatic rings. The van der Waals surface area contributed by atoms with Crippen molar-refractivity contribution in [3.05, 3.63) is 59.7 Å². The van der Waals surface area contributed by atoms with Crippen molar-refractivity contribution in [1.29, 1.82) is 0 Å². The van der Waals surface area contributed by atoms with E-state index < -0.39 is 0 Å². The molecule has 0 unspecified atom stereocenters. The van der Waals surface area contributed by atoms with Gasteiger partial charge in [0.25, 0.3) is 5.91 Å². The van der Waals surface area contributed by atoms with Crippen LogP contribution in [0.1, 0.15) is 28.8 Å². The second-order valence-corrected chi connectivity index (χ2v) is 5.61. The number of rotatable bonds is 7. The SMILES string of the molecule is CCn1nccc1NC(=O)c1ccc(Cc2cc(OC)ccc2OC)o1. The van der Waals surface area contributed by atoms with Crippen molar-refractivity contribution >= 4 is 11.7 Å². The molecule has 3 rings (SSSR count). The molecule has 0 aliphatic rings. The van der Waals surface area contributed by atoms with Crippen molar-refractivity contribution < 1.29 is 18.7 Å². The molecule has 0 saturated heterocycles. The normalized spacial score (nSPS) is 10.6. The lowest BCUT2D eigenvalue weighted by atomic mass is 10.1. The lowest BCUT2D eigenvalue weighted by Crippen LogP contribution is -2.14. The molecule has 26 heavy (non-hydrogen) atoms. The van der Waals surface area contributed by atoms with E-state index in [1.54, 1.807) is 43.3 Å². The summed E-state index contributed by atoms with van der Waals surface area (Å²) in [7, 11) is 3.23. The van der Waals surface area contributed by atoms with Crippen LogP contribution in [0.5, 0.6) is 11.5 Å². The second kappa shape index (κ2) is 7.77. The van der Waals surface area contributed by atoms with Gasteiger partial charge >= 0.3 is 0 Å². The predicted molar refractivity (Wildman–Crippen MR) is 96.9 cm³/mol. The number of ether oxygens (including phenoxy) is 2. The molecular formula is C19H21N3O4.